The van der Waals surface area contributed by atoms with Crippen LogP contribution in [0, 0.1) is 0 Å². The van der Waals surface area contributed by atoms with Crippen LogP contribution in [0.3, 0.4) is 0 Å². The zero-order valence-corrected chi connectivity index (χ0v) is 22.5. The number of rotatable bonds is 5. The summed E-state index contributed by atoms with van der Waals surface area (Å²) < 4.78 is 13.0. The van der Waals surface area contributed by atoms with Gasteiger partial charge in [0, 0.05) is 15.6 Å². The molecule has 0 spiro atoms. The summed E-state index contributed by atoms with van der Waals surface area (Å²) in [5.41, 5.74) is 4.93. The van der Waals surface area contributed by atoms with Gasteiger partial charge in [0.2, 0.25) is 5.90 Å². The minimum atomic E-state index is -2.43. The second-order valence-electron chi connectivity index (χ2n) is 10.4. The van der Waals surface area contributed by atoms with E-state index in [0.29, 0.717) is 11.1 Å². The first-order valence-electron chi connectivity index (χ1n) is 13.4. The second kappa shape index (κ2) is 9.94. The molecule has 182 valence electrons. The predicted octanol–water partition coefficient (Wildman–Crippen LogP) is 8.35. The first-order valence-corrected chi connectivity index (χ1v) is 16.3. The van der Waals surface area contributed by atoms with Crippen molar-refractivity contribution in [2.24, 2.45) is 4.99 Å². The van der Waals surface area contributed by atoms with Crippen LogP contribution in [-0.2, 0) is 4.43 Å². The van der Waals surface area contributed by atoms with Crippen LogP contribution in [0.1, 0.15) is 69.8 Å². The molecule has 0 unspecified atom stereocenters. The molecule has 1 aliphatic heterocycles. The first-order chi connectivity index (χ1) is 17.3. The summed E-state index contributed by atoms with van der Waals surface area (Å²) in [5.74, 6) is 1.71. The van der Waals surface area contributed by atoms with Gasteiger partial charge in [-0.15, -0.1) is 11.3 Å². The Bertz CT molecular complexity index is 1160. The lowest BCUT2D eigenvalue weighted by Gasteiger charge is -2.49. The van der Waals surface area contributed by atoms with Crippen molar-refractivity contribution < 1.29 is 9.16 Å². The van der Waals surface area contributed by atoms with Gasteiger partial charge >= 0.3 is 0 Å². The van der Waals surface area contributed by atoms with Crippen LogP contribution in [-0.4, -0.2) is 21.3 Å². The SMILES string of the molecule is COc1ccc(C2=Nc3cccc(-c4cccs4)c3[Si](C3CCCCC3)(C3CCCCC3)O2)cc1. The van der Waals surface area contributed by atoms with Gasteiger partial charge in [0.25, 0.3) is 8.32 Å². The van der Waals surface area contributed by atoms with Crippen molar-refractivity contribution in [2.45, 2.75) is 75.3 Å². The van der Waals surface area contributed by atoms with E-state index in [1.54, 1.807) is 7.11 Å². The highest BCUT2D eigenvalue weighted by molar-refractivity contribution is 7.14. The zero-order valence-electron chi connectivity index (χ0n) is 20.7. The number of benzene rings is 2. The molecule has 0 bridgehead atoms. The van der Waals surface area contributed by atoms with E-state index in [2.05, 4.69) is 47.8 Å². The van der Waals surface area contributed by atoms with Crippen molar-refractivity contribution in [1.82, 2.24) is 0 Å². The fraction of sp³-hybridized carbons (Fsp3) is 0.433. The summed E-state index contributed by atoms with van der Waals surface area (Å²) >= 11 is 1.85. The van der Waals surface area contributed by atoms with Gasteiger partial charge in [-0.05, 0) is 84.1 Å². The number of nitrogens with zero attached hydrogens (tertiary/aromatic N) is 1. The van der Waals surface area contributed by atoms with Crippen LogP contribution in [0.25, 0.3) is 10.4 Å². The van der Waals surface area contributed by atoms with Gasteiger partial charge in [0.15, 0.2) is 0 Å². The predicted molar refractivity (Wildman–Crippen MR) is 149 cm³/mol. The molecule has 0 saturated heterocycles. The third-order valence-corrected chi connectivity index (χ3v) is 14.8. The third kappa shape index (κ3) is 4.17. The maximum atomic E-state index is 7.53. The number of aliphatic imine (C=N–C) groups is 1. The van der Waals surface area contributed by atoms with Gasteiger partial charge in [0.05, 0.1) is 12.8 Å². The van der Waals surface area contributed by atoms with Gasteiger partial charge in [-0.1, -0.05) is 56.7 Å². The molecule has 5 heteroatoms. The summed E-state index contributed by atoms with van der Waals surface area (Å²) in [5, 5.41) is 3.70. The van der Waals surface area contributed by atoms with E-state index in [4.69, 9.17) is 14.2 Å². The lowest BCUT2D eigenvalue weighted by Crippen LogP contribution is -2.62. The maximum absolute atomic E-state index is 7.53. The number of hydrogen-bond donors (Lipinski definition) is 0. The van der Waals surface area contributed by atoms with Crippen molar-refractivity contribution >= 4 is 36.4 Å². The summed E-state index contributed by atoms with van der Waals surface area (Å²) in [6.45, 7) is 0. The Morgan fingerprint density at radius 1 is 0.829 bits per heavy atom. The topological polar surface area (TPSA) is 30.8 Å². The van der Waals surface area contributed by atoms with E-state index in [9.17, 15) is 0 Å². The number of hydrogen-bond acceptors (Lipinski definition) is 4. The van der Waals surface area contributed by atoms with Gasteiger partial charge in [-0.2, -0.15) is 0 Å². The number of thiophene rings is 1. The van der Waals surface area contributed by atoms with Crippen LogP contribution in [0.4, 0.5) is 5.69 Å². The highest BCUT2D eigenvalue weighted by atomic mass is 32.1. The summed E-state index contributed by atoms with van der Waals surface area (Å²) in [6.07, 6.45) is 13.3. The molecule has 3 aliphatic rings. The van der Waals surface area contributed by atoms with Crippen LogP contribution in [0.5, 0.6) is 5.75 Å². The van der Waals surface area contributed by atoms with Crippen LogP contribution >= 0.6 is 11.3 Å². The molecule has 1 aromatic heterocycles. The third-order valence-electron chi connectivity index (χ3n) is 8.47. The molecule has 2 fully saturated rings. The van der Waals surface area contributed by atoms with Crippen molar-refractivity contribution in [3.8, 4) is 16.2 Å². The van der Waals surface area contributed by atoms with E-state index in [-0.39, 0.29) is 0 Å². The summed E-state index contributed by atoms with van der Waals surface area (Å²) in [7, 11) is -0.707. The maximum Gasteiger partial charge on any atom is 0.293 e. The van der Waals surface area contributed by atoms with Crippen molar-refractivity contribution in [1.29, 1.82) is 0 Å². The molecule has 2 saturated carbocycles. The van der Waals surface area contributed by atoms with Gasteiger partial charge in [0.1, 0.15) is 5.75 Å². The van der Waals surface area contributed by atoms with Crippen LogP contribution in [0.15, 0.2) is 65.0 Å². The minimum absolute atomic E-state index is 0.656. The lowest BCUT2D eigenvalue weighted by molar-refractivity contribution is 0.388. The molecule has 3 aromatic rings. The van der Waals surface area contributed by atoms with Crippen molar-refractivity contribution in [2.75, 3.05) is 7.11 Å². The zero-order chi connectivity index (χ0) is 23.7. The fourth-order valence-electron chi connectivity index (χ4n) is 6.85. The quantitative estimate of drug-likeness (QED) is 0.329. The van der Waals surface area contributed by atoms with Crippen LogP contribution < -0.4 is 9.92 Å². The molecule has 0 atom stereocenters. The van der Waals surface area contributed by atoms with Gasteiger partial charge < -0.3 is 9.16 Å². The number of fused-ring (bicyclic) bond motifs is 1. The standard InChI is InChI=1S/C30H35NO2SSi/c1-32-23-19-17-22(18-20-23)30-31-27-15-8-14-26(28-16-9-21-34-28)29(27)35(33-30,24-10-4-2-5-11-24)25-12-6-3-7-13-25/h8-9,14-21,24-25H,2-7,10-13H2,1H3. The summed E-state index contributed by atoms with van der Waals surface area (Å²) in [6, 6.07) is 19.6. The largest absolute Gasteiger partial charge is 0.525 e. The molecule has 6 rings (SSSR count). The molecule has 2 aliphatic carbocycles. The minimum Gasteiger partial charge on any atom is -0.525 e. The normalized spacial score (nSPS) is 20.5. The molecule has 2 heterocycles. The smallest absolute Gasteiger partial charge is 0.293 e. The van der Waals surface area contributed by atoms with E-state index in [1.807, 2.05) is 23.5 Å². The van der Waals surface area contributed by atoms with E-state index in [0.717, 1.165) is 22.9 Å². The van der Waals surface area contributed by atoms with E-state index < -0.39 is 8.32 Å². The van der Waals surface area contributed by atoms with E-state index >= 15 is 0 Å². The second-order valence-corrected chi connectivity index (χ2v) is 15.3. The molecule has 0 N–H and O–H groups in total. The highest BCUT2D eigenvalue weighted by Crippen LogP contribution is 2.52. The Morgan fingerprint density at radius 2 is 1.51 bits per heavy atom. The summed E-state index contributed by atoms with van der Waals surface area (Å²) in [4.78, 5) is 6.58. The monoisotopic (exact) mass is 501 g/mol. The first kappa shape index (κ1) is 23.1. The Kier molecular flexibility index (Phi) is 6.55. The number of methoxy groups -OCH3 is 1. The average molecular weight is 502 g/mol. The Hall–Kier alpha value is -2.37. The highest BCUT2D eigenvalue weighted by Gasteiger charge is 2.57. The Balaban J connectivity index is 1.58. The lowest BCUT2D eigenvalue weighted by atomic mass is 9.99. The molecule has 2 aromatic carbocycles. The number of ether oxygens (including phenoxy) is 1. The molecular weight excluding hydrogens is 466 g/mol. The van der Waals surface area contributed by atoms with Crippen molar-refractivity contribution in [3.63, 3.8) is 0 Å². The van der Waals surface area contributed by atoms with Gasteiger partial charge in [-0.25, -0.2) is 4.99 Å². The van der Waals surface area contributed by atoms with E-state index in [1.165, 1.54) is 79.8 Å². The average Bonchev–Trinajstić information content (AvgIpc) is 3.48. The molecule has 0 amide bonds. The Morgan fingerprint density at radius 3 is 2.11 bits per heavy atom. The molecular formula is C30H35NO2SSi. The molecule has 35 heavy (non-hydrogen) atoms. The van der Waals surface area contributed by atoms with Gasteiger partial charge in [-0.3, -0.25) is 0 Å². The Labute approximate surface area is 214 Å². The molecule has 0 radical (unpaired) electrons. The van der Waals surface area contributed by atoms with Crippen LogP contribution in [0.2, 0.25) is 11.1 Å². The van der Waals surface area contributed by atoms with Crippen molar-refractivity contribution in [3.05, 3.63) is 65.5 Å². The fourth-order valence-corrected chi connectivity index (χ4v) is 13.8. The molecule has 3 nitrogen and oxygen atoms in total.